The van der Waals surface area contributed by atoms with Crippen LogP contribution in [0.25, 0.3) is 0 Å². The number of pyridine rings is 1. The molecule has 3 rings (SSSR count). The summed E-state index contributed by atoms with van der Waals surface area (Å²) in [5.41, 5.74) is 0.212. The Kier molecular flexibility index (Phi) is 6.61. The van der Waals surface area contributed by atoms with Crippen LogP contribution in [0.15, 0.2) is 42.6 Å². The number of ether oxygens (including phenoxy) is 1. The number of benzene rings is 1. The molecule has 0 unspecified atom stereocenters. The summed E-state index contributed by atoms with van der Waals surface area (Å²) >= 11 is 0. The van der Waals surface area contributed by atoms with Gasteiger partial charge in [0.25, 0.3) is 0 Å². The third kappa shape index (κ3) is 5.62. The number of nitrogens with zero attached hydrogens (tertiary/aromatic N) is 2. The Balaban J connectivity index is 1.53. The summed E-state index contributed by atoms with van der Waals surface area (Å²) in [5, 5.41) is 3.03. The van der Waals surface area contributed by atoms with Crippen LogP contribution in [0.2, 0.25) is 0 Å². The van der Waals surface area contributed by atoms with Crippen molar-refractivity contribution >= 4 is 11.7 Å². The molecule has 1 saturated heterocycles. The number of hydrogen-bond acceptors (Lipinski definition) is 4. The van der Waals surface area contributed by atoms with Crippen LogP contribution in [0.5, 0.6) is 5.75 Å². The number of piperidine rings is 1. The number of methoxy groups -OCH3 is 1. The average molecular weight is 407 g/mol. The van der Waals surface area contributed by atoms with Crippen LogP contribution >= 0.6 is 0 Å². The minimum atomic E-state index is -4.40. The van der Waals surface area contributed by atoms with Gasteiger partial charge in [-0.1, -0.05) is 18.2 Å². The molecule has 1 N–H and O–H groups in total. The molecule has 5 nitrogen and oxygen atoms in total. The van der Waals surface area contributed by atoms with Crippen molar-refractivity contribution in [1.82, 2.24) is 10.3 Å². The number of amides is 1. The molecule has 0 spiro atoms. The second-order valence-corrected chi connectivity index (χ2v) is 7.07. The maximum absolute atomic E-state index is 12.7. The lowest BCUT2D eigenvalue weighted by Gasteiger charge is -2.34. The van der Waals surface area contributed by atoms with Gasteiger partial charge in [0.15, 0.2) is 0 Å². The largest absolute Gasteiger partial charge is 0.496 e. The highest BCUT2D eigenvalue weighted by atomic mass is 19.4. The molecule has 1 amide bonds. The predicted octanol–water partition coefficient (Wildman–Crippen LogP) is 3.83. The molecule has 29 heavy (non-hydrogen) atoms. The van der Waals surface area contributed by atoms with Crippen molar-refractivity contribution in [2.75, 3.05) is 25.1 Å². The summed E-state index contributed by atoms with van der Waals surface area (Å²) in [6, 6.07) is 9.96. The summed E-state index contributed by atoms with van der Waals surface area (Å²) in [5.74, 6) is 1.20. The molecule has 2 aromatic rings. The van der Waals surface area contributed by atoms with Gasteiger partial charge in [0.05, 0.1) is 12.7 Å². The third-order valence-corrected chi connectivity index (χ3v) is 5.00. The number of para-hydroxylation sites is 1. The van der Waals surface area contributed by atoms with E-state index >= 15 is 0 Å². The lowest BCUT2D eigenvalue weighted by Crippen LogP contribution is -2.48. The first-order valence-electron chi connectivity index (χ1n) is 9.56. The van der Waals surface area contributed by atoms with E-state index in [1.165, 1.54) is 6.07 Å². The summed E-state index contributed by atoms with van der Waals surface area (Å²) in [4.78, 5) is 18.2. The van der Waals surface area contributed by atoms with Crippen molar-refractivity contribution in [3.05, 3.63) is 53.7 Å². The van der Waals surface area contributed by atoms with Crippen molar-refractivity contribution in [3.8, 4) is 5.75 Å². The van der Waals surface area contributed by atoms with Gasteiger partial charge in [-0.15, -0.1) is 0 Å². The normalized spacial score (nSPS) is 17.1. The van der Waals surface area contributed by atoms with Gasteiger partial charge in [0.2, 0.25) is 5.91 Å². The van der Waals surface area contributed by atoms with Crippen molar-refractivity contribution in [3.63, 3.8) is 0 Å². The van der Waals surface area contributed by atoms with Crippen LogP contribution in [-0.4, -0.2) is 37.1 Å². The van der Waals surface area contributed by atoms with Gasteiger partial charge < -0.3 is 15.0 Å². The minimum absolute atomic E-state index is 0.0527. The second-order valence-electron chi connectivity index (χ2n) is 7.07. The zero-order valence-corrected chi connectivity index (χ0v) is 16.2. The van der Waals surface area contributed by atoms with Gasteiger partial charge in [-0.3, -0.25) is 4.79 Å². The molecule has 1 atom stereocenters. The van der Waals surface area contributed by atoms with Crippen LogP contribution in [0.1, 0.15) is 30.4 Å². The minimum Gasteiger partial charge on any atom is -0.496 e. The van der Waals surface area contributed by atoms with E-state index in [1.807, 2.05) is 29.2 Å². The van der Waals surface area contributed by atoms with Gasteiger partial charge in [-0.2, -0.15) is 13.2 Å². The van der Waals surface area contributed by atoms with E-state index in [-0.39, 0.29) is 11.9 Å². The first-order valence-corrected chi connectivity index (χ1v) is 9.56. The molecule has 0 radical (unpaired) electrons. The van der Waals surface area contributed by atoms with Gasteiger partial charge in [0.1, 0.15) is 11.6 Å². The van der Waals surface area contributed by atoms with Gasteiger partial charge in [-0.25, -0.2) is 4.98 Å². The summed E-state index contributed by atoms with van der Waals surface area (Å²) < 4.78 is 43.4. The van der Waals surface area contributed by atoms with E-state index in [1.54, 1.807) is 7.11 Å². The summed E-state index contributed by atoms with van der Waals surface area (Å²) in [6.07, 6.45) is -0.962. The molecule has 1 aliphatic rings. The lowest BCUT2D eigenvalue weighted by atomic mass is 10.0. The number of nitrogens with one attached hydrogen (secondary N) is 1. The van der Waals surface area contributed by atoms with Gasteiger partial charge in [-0.05, 0) is 43.0 Å². The van der Waals surface area contributed by atoms with Crippen LogP contribution in [0, 0.1) is 0 Å². The van der Waals surface area contributed by atoms with E-state index in [9.17, 15) is 18.0 Å². The molecule has 1 aromatic carbocycles. The number of carbonyl (C=O) groups excluding carboxylic acids is 1. The monoisotopic (exact) mass is 407 g/mol. The topological polar surface area (TPSA) is 54.5 Å². The molecule has 8 heteroatoms. The number of aryl methyl sites for hydroxylation is 1. The number of alkyl halides is 3. The molecular weight excluding hydrogens is 383 g/mol. The highest BCUT2D eigenvalue weighted by molar-refractivity contribution is 5.76. The second kappa shape index (κ2) is 9.15. The Labute approximate surface area is 167 Å². The molecular formula is C21H24F3N3O2. The zero-order chi connectivity index (χ0) is 20.9. The Morgan fingerprint density at radius 2 is 2.07 bits per heavy atom. The van der Waals surface area contributed by atoms with Crippen molar-refractivity contribution < 1.29 is 22.7 Å². The first kappa shape index (κ1) is 21.0. The van der Waals surface area contributed by atoms with E-state index in [4.69, 9.17) is 4.74 Å². The van der Waals surface area contributed by atoms with E-state index in [0.29, 0.717) is 31.7 Å². The fraction of sp³-hybridized carbons (Fsp3) is 0.429. The predicted molar refractivity (Wildman–Crippen MR) is 104 cm³/mol. The first-order chi connectivity index (χ1) is 13.9. The standard InChI is InChI=1S/C21H24F3N3O2/c1-29-18-7-3-2-5-15(18)8-11-20(28)26-17-6-4-12-27(14-17)19-10-9-16(13-25-19)21(22,23)24/h2-3,5,7,9-10,13,17H,4,6,8,11-12,14H2,1H3,(H,26,28)/t17-/m1/s1. The molecule has 1 aromatic heterocycles. The number of halogens is 3. The molecule has 0 saturated carbocycles. The molecule has 156 valence electrons. The molecule has 0 aliphatic carbocycles. The maximum atomic E-state index is 12.7. The number of anilines is 1. The number of rotatable bonds is 6. The van der Waals surface area contributed by atoms with Crippen LogP contribution < -0.4 is 15.0 Å². The summed E-state index contributed by atoms with van der Waals surface area (Å²) in [7, 11) is 1.60. The fourth-order valence-electron chi connectivity index (χ4n) is 3.50. The van der Waals surface area contributed by atoms with E-state index in [2.05, 4.69) is 10.3 Å². The van der Waals surface area contributed by atoms with Crippen LogP contribution in [0.4, 0.5) is 19.0 Å². The highest BCUT2D eigenvalue weighted by Crippen LogP contribution is 2.29. The maximum Gasteiger partial charge on any atom is 0.417 e. The Morgan fingerprint density at radius 1 is 1.28 bits per heavy atom. The van der Waals surface area contributed by atoms with E-state index in [0.717, 1.165) is 36.4 Å². The van der Waals surface area contributed by atoms with Crippen molar-refractivity contribution in [2.24, 2.45) is 0 Å². The van der Waals surface area contributed by atoms with E-state index < -0.39 is 11.7 Å². The third-order valence-electron chi connectivity index (χ3n) is 5.00. The molecule has 1 fully saturated rings. The Bertz CT molecular complexity index is 825. The molecule has 0 bridgehead atoms. The Hall–Kier alpha value is -2.77. The Morgan fingerprint density at radius 3 is 2.76 bits per heavy atom. The molecule has 2 heterocycles. The van der Waals surface area contributed by atoms with Crippen molar-refractivity contribution in [2.45, 2.75) is 37.9 Å². The van der Waals surface area contributed by atoms with Crippen LogP contribution in [-0.2, 0) is 17.4 Å². The summed E-state index contributed by atoms with van der Waals surface area (Å²) in [6.45, 7) is 1.23. The number of hydrogen-bond donors (Lipinski definition) is 1. The smallest absolute Gasteiger partial charge is 0.417 e. The van der Waals surface area contributed by atoms with Gasteiger partial charge >= 0.3 is 6.18 Å². The molecule has 1 aliphatic heterocycles. The fourth-order valence-corrected chi connectivity index (χ4v) is 3.50. The lowest BCUT2D eigenvalue weighted by molar-refractivity contribution is -0.137. The van der Waals surface area contributed by atoms with Gasteiger partial charge in [0, 0.05) is 31.7 Å². The average Bonchev–Trinajstić information content (AvgIpc) is 2.72. The quantitative estimate of drug-likeness (QED) is 0.791. The van der Waals surface area contributed by atoms with Crippen molar-refractivity contribution in [1.29, 1.82) is 0 Å². The van der Waals surface area contributed by atoms with Crippen LogP contribution in [0.3, 0.4) is 0 Å². The highest BCUT2D eigenvalue weighted by Gasteiger charge is 2.31. The SMILES string of the molecule is COc1ccccc1CCC(=O)N[C@@H]1CCCN(c2ccc(C(F)(F)F)cn2)C1. The zero-order valence-electron chi connectivity index (χ0n) is 16.2. The number of carbonyl (C=O) groups is 1. The number of aromatic nitrogens is 1.